The summed E-state index contributed by atoms with van der Waals surface area (Å²) in [5.41, 5.74) is -1.75. The molecule has 3 rings (SSSR count). The van der Waals surface area contributed by atoms with Crippen molar-refractivity contribution >= 4 is 69.5 Å². The Morgan fingerprint density at radius 1 is 1.36 bits per heavy atom. The fourth-order valence-corrected chi connectivity index (χ4v) is 4.60. The van der Waals surface area contributed by atoms with Gasteiger partial charge >= 0.3 is 12.1 Å². The number of rotatable bonds is 7. The van der Waals surface area contributed by atoms with Gasteiger partial charge in [-0.2, -0.15) is 18.3 Å². The van der Waals surface area contributed by atoms with E-state index in [9.17, 15) is 22.8 Å². The Balaban J connectivity index is 2.00. The highest BCUT2D eigenvalue weighted by molar-refractivity contribution is 8.26. The van der Waals surface area contributed by atoms with Crippen LogP contribution in [0.25, 0.3) is 6.08 Å². The molecular formula is C19H14Cl2F3N3O4S2. The number of ether oxygens (including phenoxy) is 1. The normalized spacial score (nSPS) is 15.6. The Kier molecular flexibility index (Phi) is 7.62. The van der Waals surface area contributed by atoms with Crippen molar-refractivity contribution in [3.63, 3.8) is 0 Å². The number of hydrogen-bond acceptors (Lipinski definition) is 6. The van der Waals surface area contributed by atoms with Crippen molar-refractivity contribution in [3.05, 3.63) is 44.4 Å². The molecule has 7 nitrogen and oxygen atoms in total. The number of alkyl halides is 3. The van der Waals surface area contributed by atoms with E-state index in [1.807, 2.05) is 0 Å². The van der Waals surface area contributed by atoms with Crippen LogP contribution in [0.15, 0.2) is 23.1 Å². The average Bonchev–Trinajstić information content (AvgIpc) is 3.15. The molecule has 176 valence electrons. The molecule has 14 heteroatoms. The van der Waals surface area contributed by atoms with E-state index in [0.29, 0.717) is 5.02 Å². The summed E-state index contributed by atoms with van der Waals surface area (Å²) in [5, 5.41) is 12.7. The number of hydrogen-bond donors (Lipinski definition) is 1. The Labute approximate surface area is 205 Å². The molecule has 1 amide bonds. The van der Waals surface area contributed by atoms with E-state index in [4.69, 9.17) is 45.3 Å². The summed E-state index contributed by atoms with van der Waals surface area (Å²) in [5.74, 6) is -1.94. The number of carbonyl (C=O) groups excluding carboxylic acids is 1. The van der Waals surface area contributed by atoms with Gasteiger partial charge in [-0.05, 0) is 30.7 Å². The maximum atomic E-state index is 13.7. The lowest BCUT2D eigenvalue weighted by atomic mass is 10.2. The molecule has 1 aromatic heterocycles. The number of carboxylic acid groups (broad SMARTS) is 1. The topological polar surface area (TPSA) is 84.7 Å². The number of thiocarbonyl (C=S) groups is 1. The molecule has 2 heterocycles. The molecule has 0 radical (unpaired) electrons. The van der Waals surface area contributed by atoms with E-state index in [2.05, 4.69) is 5.10 Å². The summed E-state index contributed by atoms with van der Waals surface area (Å²) in [6, 6.07) is 4.20. The minimum absolute atomic E-state index is 0.0250. The lowest BCUT2D eigenvalue weighted by Crippen LogP contribution is -2.29. The van der Waals surface area contributed by atoms with E-state index < -0.39 is 29.3 Å². The van der Waals surface area contributed by atoms with Gasteiger partial charge in [-0.3, -0.25) is 14.5 Å². The Morgan fingerprint density at radius 3 is 2.67 bits per heavy atom. The molecule has 1 fully saturated rings. The number of carbonyl (C=O) groups is 2. The molecule has 0 unspecified atom stereocenters. The lowest BCUT2D eigenvalue weighted by Gasteiger charge is -2.13. The maximum Gasteiger partial charge on any atom is 0.435 e. The number of carboxylic acids is 1. The second kappa shape index (κ2) is 9.92. The molecule has 1 aromatic carbocycles. The van der Waals surface area contributed by atoms with Crippen LogP contribution in [-0.2, 0) is 22.8 Å². The van der Waals surface area contributed by atoms with Crippen LogP contribution >= 0.6 is 47.2 Å². The van der Waals surface area contributed by atoms with Gasteiger partial charge in [0.25, 0.3) is 5.91 Å². The number of benzene rings is 1. The first-order valence-electron chi connectivity index (χ1n) is 9.12. The average molecular weight is 540 g/mol. The summed E-state index contributed by atoms with van der Waals surface area (Å²) in [6.45, 7) is 0.0250. The van der Waals surface area contributed by atoms with Gasteiger partial charge in [0, 0.05) is 25.0 Å². The monoisotopic (exact) mass is 539 g/mol. The largest absolute Gasteiger partial charge is 0.481 e. The molecule has 1 saturated heterocycles. The van der Waals surface area contributed by atoms with Crippen LogP contribution in [0.4, 0.5) is 13.2 Å². The second-order valence-corrected chi connectivity index (χ2v) is 9.22. The summed E-state index contributed by atoms with van der Waals surface area (Å²) in [4.78, 5) is 24.5. The standard InChI is InChI=1S/C19H14Cl2F3N3O4S2/c1-26-17(31-12-5-4-9(20)7-11(12)21)10(15(25-26)19(22,23)24)8-13-16(30)27(18(32)33-13)6-2-3-14(28)29/h4-5,7-8H,2-3,6H2,1H3,(H,28,29)/b13-8+. The predicted molar refractivity (Wildman–Crippen MR) is 121 cm³/mol. The van der Waals surface area contributed by atoms with Crippen molar-refractivity contribution in [1.29, 1.82) is 0 Å². The van der Waals surface area contributed by atoms with Crippen molar-refractivity contribution < 1.29 is 32.6 Å². The second-order valence-electron chi connectivity index (χ2n) is 6.70. The van der Waals surface area contributed by atoms with E-state index in [1.54, 1.807) is 0 Å². The number of amides is 1. The van der Waals surface area contributed by atoms with Crippen molar-refractivity contribution in [3.8, 4) is 11.6 Å². The van der Waals surface area contributed by atoms with E-state index in [0.717, 1.165) is 27.4 Å². The fourth-order valence-electron chi connectivity index (χ4n) is 2.86. The van der Waals surface area contributed by atoms with Crippen LogP contribution in [0.1, 0.15) is 24.1 Å². The van der Waals surface area contributed by atoms with Gasteiger partial charge in [0.1, 0.15) is 10.1 Å². The predicted octanol–water partition coefficient (Wildman–Crippen LogP) is 5.60. The van der Waals surface area contributed by atoms with Crippen molar-refractivity contribution in [2.75, 3.05) is 6.54 Å². The Bertz CT molecular complexity index is 1170. The third-order valence-corrected chi connectivity index (χ3v) is 6.23. The van der Waals surface area contributed by atoms with Crippen molar-refractivity contribution in [2.45, 2.75) is 19.0 Å². The Morgan fingerprint density at radius 2 is 2.06 bits per heavy atom. The molecule has 1 N–H and O–H groups in total. The van der Waals surface area contributed by atoms with Gasteiger partial charge in [0.05, 0.1) is 15.5 Å². The van der Waals surface area contributed by atoms with Crippen LogP contribution in [0.5, 0.6) is 11.6 Å². The first kappa shape index (κ1) is 25.3. The van der Waals surface area contributed by atoms with Gasteiger partial charge in [-0.25, -0.2) is 4.68 Å². The maximum absolute atomic E-state index is 13.7. The minimum atomic E-state index is -4.84. The molecule has 0 spiro atoms. The number of aryl methyl sites for hydroxylation is 1. The van der Waals surface area contributed by atoms with Gasteiger partial charge in [0.15, 0.2) is 5.69 Å². The molecular weight excluding hydrogens is 526 g/mol. The molecule has 1 aliphatic heterocycles. The zero-order valence-corrected chi connectivity index (χ0v) is 19.8. The summed E-state index contributed by atoms with van der Waals surface area (Å²) < 4.78 is 47.7. The number of aromatic nitrogens is 2. The van der Waals surface area contributed by atoms with E-state index >= 15 is 0 Å². The summed E-state index contributed by atoms with van der Waals surface area (Å²) in [7, 11) is 1.25. The quantitative estimate of drug-likeness (QED) is 0.361. The van der Waals surface area contributed by atoms with Crippen LogP contribution in [0.3, 0.4) is 0 Å². The first-order valence-corrected chi connectivity index (χ1v) is 11.1. The van der Waals surface area contributed by atoms with Gasteiger partial charge in [-0.1, -0.05) is 47.2 Å². The number of halogens is 5. The van der Waals surface area contributed by atoms with Crippen molar-refractivity contribution in [2.24, 2.45) is 7.05 Å². The van der Waals surface area contributed by atoms with Crippen molar-refractivity contribution in [1.82, 2.24) is 14.7 Å². The number of thioether (sulfide) groups is 1. The lowest BCUT2D eigenvalue weighted by molar-refractivity contribution is -0.141. The molecule has 33 heavy (non-hydrogen) atoms. The smallest absolute Gasteiger partial charge is 0.435 e. The van der Waals surface area contributed by atoms with Crippen LogP contribution in [0.2, 0.25) is 10.0 Å². The SMILES string of the molecule is Cn1nc(C(F)(F)F)c(/C=C2/SC(=S)N(CCCC(=O)O)C2=O)c1Oc1ccc(Cl)cc1Cl. The minimum Gasteiger partial charge on any atom is -0.481 e. The highest BCUT2D eigenvalue weighted by Crippen LogP contribution is 2.42. The third-order valence-electron chi connectivity index (χ3n) is 4.32. The van der Waals surface area contributed by atoms with Crippen LogP contribution in [-0.4, -0.2) is 42.5 Å². The van der Waals surface area contributed by atoms with Crippen LogP contribution in [0, 0.1) is 0 Å². The van der Waals surface area contributed by atoms with Crippen LogP contribution < -0.4 is 4.74 Å². The van der Waals surface area contributed by atoms with E-state index in [-0.39, 0.29) is 45.3 Å². The van der Waals surface area contributed by atoms with Gasteiger partial charge in [-0.15, -0.1) is 0 Å². The number of aliphatic carboxylic acids is 1. The van der Waals surface area contributed by atoms with E-state index in [1.165, 1.54) is 25.2 Å². The number of nitrogens with zero attached hydrogens (tertiary/aromatic N) is 3. The fraction of sp³-hybridized carbons (Fsp3) is 0.263. The highest BCUT2D eigenvalue weighted by atomic mass is 35.5. The molecule has 0 aliphatic carbocycles. The first-order chi connectivity index (χ1) is 15.4. The third kappa shape index (κ3) is 5.81. The summed E-state index contributed by atoms with van der Waals surface area (Å²) >= 11 is 17.9. The van der Waals surface area contributed by atoms with Gasteiger partial charge in [0.2, 0.25) is 5.88 Å². The highest BCUT2D eigenvalue weighted by Gasteiger charge is 2.40. The zero-order chi connectivity index (χ0) is 24.5. The zero-order valence-electron chi connectivity index (χ0n) is 16.7. The van der Waals surface area contributed by atoms with Gasteiger partial charge < -0.3 is 9.84 Å². The molecule has 2 aromatic rings. The molecule has 0 saturated carbocycles. The molecule has 0 atom stereocenters. The summed E-state index contributed by atoms with van der Waals surface area (Å²) in [6.07, 6.45) is -3.88. The Hall–Kier alpha value is -2.28. The molecule has 0 bridgehead atoms. The molecule has 1 aliphatic rings.